The third-order valence-electron chi connectivity index (χ3n) is 3.17. The van der Waals surface area contributed by atoms with Gasteiger partial charge in [-0.3, -0.25) is 0 Å². The van der Waals surface area contributed by atoms with Gasteiger partial charge in [0.15, 0.2) is 0 Å². The van der Waals surface area contributed by atoms with Crippen molar-refractivity contribution in [2.75, 3.05) is 0 Å². The maximum Gasteiger partial charge on any atom is 0.213 e. The van der Waals surface area contributed by atoms with Crippen molar-refractivity contribution in [3.63, 3.8) is 0 Å². The lowest BCUT2D eigenvalue weighted by Crippen LogP contribution is -2.11. The highest BCUT2D eigenvalue weighted by Crippen LogP contribution is 2.20. The summed E-state index contributed by atoms with van der Waals surface area (Å²) >= 11 is 0. The molecule has 1 heterocycles. The van der Waals surface area contributed by atoms with Crippen LogP contribution in [-0.2, 0) is 6.61 Å². The van der Waals surface area contributed by atoms with Gasteiger partial charge in [0, 0.05) is 17.8 Å². The first-order chi connectivity index (χ1) is 9.20. The van der Waals surface area contributed by atoms with E-state index in [0.29, 0.717) is 12.5 Å². The molecule has 1 atom stereocenters. The average molecular weight is 256 g/mol. The van der Waals surface area contributed by atoms with Gasteiger partial charge >= 0.3 is 0 Å². The molecule has 100 valence electrons. The highest BCUT2D eigenvalue weighted by atomic mass is 16.5. The molecule has 19 heavy (non-hydrogen) atoms. The number of aryl methyl sites for hydroxylation is 1. The van der Waals surface area contributed by atoms with Crippen LogP contribution in [0.15, 0.2) is 42.5 Å². The minimum absolute atomic E-state index is 0.0515. The smallest absolute Gasteiger partial charge is 0.213 e. The number of hydrogen-bond donors (Lipinski definition) is 1. The van der Waals surface area contributed by atoms with Crippen molar-refractivity contribution >= 4 is 0 Å². The van der Waals surface area contributed by atoms with Gasteiger partial charge in [0.05, 0.1) is 0 Å². The van der Waals surface area contributed by atoms with Gasteiger partial charge < -0.3 is 10.5 Å². The average Bonchev–Trinajstić information content (AvgIpc) is 2.45. The highest BCUT2D eigenvalue weighted by Gasteiger charge is 2.09. The summed E-state index contributed by atoms with van der Waals surface area (Å²) in [4.78, 5) is 4.46. The zero-order valence-corrected chi connectivity index (χ0v) is 11.5. The zero-order valence-electron chi connectivity index (χ0n) is 11.5. The monoisotopic (exact) mass is 256 g/mol. The third kappa shape index (κ3) is 3.55. The van der Waals surface area contributed by atoms with Gasteiger partial charge in [-0.25, -0.2) is 4.98 Å². The SMILES string of the molecule is CCC(N)c1ccc(OCc2ccccc2)nc1C. The Balaban J connectivity index is 2.04. The van der Waals surface area contributed by atoms with Gasteiger partial charge in [0.1, 0.15) is 6.61 Å². The lowest BCUT2D eigenvalue weighted by molar-refractivity contribution is 0.293. The third-order valence-corrected chi connectivity index (χ3v) is 3.17. The van der Waals surface area contributed by atoms with Crippen molar-refractivity contribution < 1.29 is 4.74 Å². The standard InChI is InChI=1S/C16H20N2O/c1-3-15(17)14-9-10-16(18-12(14)2)19-11-13-7-5-4-6-8-13/h4-10,15H,3,11,17H2,1-2H3. The van der Waals surface area contributed by atoms with Crippen LogP contribution in [0.1, 0.15) is 36.2 Å². The summed E-state index contributed by atoms with van der Waals surface area (Å²) < 4.78 is 5.69. The molecule has 0 radical (unpaired) electrons. The molecule has 1 aromatic heterocycles. The first-order valence-corrected chi connectivity index (χ1v) is 6.60. The number of pyridine rings is 1. The van der Waals surface area contributed by atoms with Crippen LogP contribution in [0.5, 0.6) is 5.88 Å². The van der Waals surface area contributed by atoms with E-state index in [9.17, 15) is 0 Å². The number of aromatic nitrogens is 1. The Morgan fingerprint density at radius 2 is 1.89 bits per heavy atom. The number of hydrogen-bond acceptors (Lipinski definition) is 3. The molecule has 0 aliphatic rings. The molecule has 0 saturated carbocycles. The van der Waals surface area contributed by atoms with Crippen LogP contribution >= 0.6 is 0 Å². The van der Waals surface area contributed by atoms with Crippen LogP contribution in [0, 0.1) is 6.92 Å². The molecular weight excluding hydrogens is 236 g/mol. The number of nitrogens with zero attached hydrogens (tertiary/aromatic N) is 1. The van der Waals surface area contributed by atoms with Crippen molar-refractivity contribution in [3.8, 4) is 5.88 Å². The second-order valence-electron chi connectivity index (χ2n) is 4.61. The Hall–Kier alpha value is -1.87. The van der Waals surface area contributed by atoms with Crippen molar-refractivity contribution in [2.24, 2.45) is 5.73 Å². The Labute approximate surface area is 114 Å². The van der Waals surface area contributed by atoms with E-state index >= 15 is 0 Å². The molecule has 0 aliphatic carbocycles. The van der Waals surface area contributed by atoms with Crippen LogP contribution in [0.4, 0.5) is 0 Å². The molecular formula is C16H20N2O. The summed E-state index contributed by atoms with van der Waals surface area (Å²) in [5.74, 6) is 0.647. The summed E-state index contributed by atoms with van der Waals surface area (Å²) in [7, 11) is 0. The van der Waals surface area contributed by atoms with E-state index in [1.807, 2.05) is 49.4 Å². The largest absolute Gasteiger partial charge is 0.473 e. The molecule has 0 bridgehead atoms. The molecule has 0 saturated heterocycles. The van der Waals surface area contributed by atoms with E-state index in [1.165, 1.54) is 0 Å². The predicted octanol–water partition coefficient (Wildman–Crippen LogP) is 3.38. The number of nitrogens with two attached hydrogens (primary N) is 1. The molecule has 3 nitrogen and oxygen atoms in total. The van der Waals surface area contributed by atoms with Gasteiger partial charge in [-0.2, -0.15) is 0 Å². The highest BCUT2D eigenvalue weighted by molar-refractivity contribution is 5.27. The van der Waals surface area contributed by atoms with E-state index in [2.05, 4.69) is 11.9 Å². The number of benzene rings is 1. The van der Waals surface area contributed by atoms with E-state index in [-0.39, 0.29) is 6.04 Å². The predicted molar refractivity (Wildman–Crippen MR) is 77.0 cm³/mol. The fourth-order valence-electron chi connectivity index (χ4n) is 1.97. The summed E-state index contributed by atoms with van der Waals surface area (Å²) in [6, 6.07) is 14.0. The van der Waals surface area contributed by atoms with Gasteiger partial charge in [-0.1, -0.05) is 43.3 Å². The zero-order chi connectivity index (χ0) is 13.7. The molecule has 0 fully saturated rings. The normalized spacial score (nSPS) is 12.2. The molecule has 3 heteroatoms. The van der Waals surface area contributed by atoms with Crippen molar-refractivity contribution in [2.45, 2.75) is 32.9 Å². The maximum atomic E-state index is 6.03. The molecule has 2 N–H and O–H groups in total. The van der Waals surface area contributed by atoms with Crippen LogP contribution in [0.25, 0.3) is 0 Å². The number of ether oxygens (including phenoxy) is 1. The Morgan fingerprint density at radius 3 is 2.53 bits per heavy atom. The van der Waals surface area contributed by atoms with Crippen molar-refractivity contribution in [1.82, 2.24) is 4.98 Å². The molecule has 0 spiro atoms. The maximum absolute atomic E-state index is 6.03. The summed E-state index contributed by atoms with van der Waals surface area (Å²) in [5.41, 5.74) is 9.20. The van der Waals surface area contributed by atoms with Crippen LogP contribution in [0.2, 0.25) is 0 Å². The molecule has 2 rings (SSSR count). The second-order valence-corrected chi connectivity index (χ2v) is 4.61. The minimum Gasteiger partial charge on any atom is -0.473 e. The Kier molecular flexibility index (Phi) is 4.53. The lowest BCUT2D eigenvalue weighted by atomic mass is 10.0. The van der Waals surface area contributed by atoms with Crippen molar-refractivity contribution in [3.05, 3.63) is 59.3 Å². The fraction of sp³-hybridized carbons (Fsp3) is 0.312. The van der Waals surface area contributed by atoms with E-state index in [4.69, 9.17) is 10.5 Å². The molecule has 1 unspecified atom stereocenters. The lowest BCUT2D eigenvalue weighted by Gasteiger charge is -2.13. The van der Waals surface area contributed by atoms with Gasteiger partial charge in [0.25, 0.3) is 0 Å². The van der Waals surface area contributed by atoms with E-state index in [1.54, 1.807) is 0 Å². The first kappa shape index (κ1) is 13.6. The molecule has 0 amide bonds. The topological polar surface area (TPSA) is 48.1 Å². The quantitative estimate of drug-likeness (QED) is 0.892. The first-order valence-electron chi connectivity index (χ1n) is 6.60. The summed E-state index contributed by atoms with van der Waals surface area (Å²) in [5, 5.41) is 0. The van der Waals surface area contributed by atoms with Crippen LogP contribution in [-0.4, -0.2) is 4.98 Å². The fourth-order valence-corrected chi connectivity index (χ4v) is 1.97. The summed E-state index contributed by atoms with van der Waals surface area (Å²) in [6.45, 7) is 4.58. The Morgan fingerprint density at radius 1 is 1.16 bits per heavy atom. The van der Waals surface area contributed by atoms with Gasteiger partial charge in [0.2, 0.25) is 5.88 Å². The summed E-state index contributed by atoms with van der Waals surface area (Å²) in [6.07, 6.45) is 0.909. The molecule has 0 aliphatic heterocycles. The van der Waals surface area contributed by atoms with Crippen LogP contribution < -0.4 is 10.5 Å². The molecule has 1 aromatic carbocycles. The van der Waals surface area contributed by atoms with Crippen molar-refractivity contribution in [1.29, 1.82) is 0 Å². The number of rotatable bonds is 5. The van der Waals surface area contributed by atoms with Gasteiger partial charge in [-0.15, -0.1) is 0 Å². The molecule has 2 aromatic rings. The minimum atomic E-state index is 0.0515. The Bertz CT molecular complexity index is 526. The van der Waals surface area contributed by atoms with E-state index in [0.717, 1.165) is 23.2 Å². The van der Waals surface area contributed by atoms with E-state index < -0.39 is 0 Å². The second kappa shape index (κ2) is 6.34. The van der Waals surface area contributed by atoms with Gasteiger partial charge in [-0.05, 0) is 24.5 Å². The van der Waals surface area contributed by atoms with Crippen LogP contribution in [0.3, 0.4) is 0 Å².